The molecule has 0 saturated heterocycles. The normalized spacial score (nSPS) is 10.8. The number of oxazole rings is 1. The maximum absolute atomic E-state index is 13.0. The van der Waals surface area contributed by atoms with Crippen LogP contribution in [0.1, 0.15) is 0 Å². The van der Waals surface area contributed by atoms with Crippen molar-refractivity contribution in [2.45, 2.75) is 6.54 Å². The third kappa shape index (κ3) is 2.40. The quantitative estimate of drug-likeness (QED) is 0.732. The van der Waals surface area contributed by atoms with Crippen molar-refractivity contribution in [1.29, 1.82) is 0 Å². The Labute approximate surface area is 113 Å². The minimum atomic E-state index is -0.485. The van der Waals surface area contributed by atoms with Crippen molar-refractivity contribution in [2.75, 3.05) is 6.61 Å². The monoisotopic (exact) mass is 274 g/mol. The van der Waals surface area contributed by atoms with Crippen LogP contribution in [0.25, 0.3) is 11.2 Å². The van der Waals surface area contributed by atoms with Crippen molar-refractivity contribution in [3.05, 3.63) is 59.0 Å². The van der Waals surface area contributed by atoms with Gasteiger partial charge >= 0.3 is 5.76 Å². The Bertz CT molecular complexity index is 794. The first kappa shape index (κ1) is 12.4. The molecule has 0 spiro atoms. The van der Waals surface area contributed by atoms with E-state index in [-0.39, 0.29) is 19.0 Å². The van der Waals surface area contributed by atoms with Gasteiger partial charge in [0, 0.05) is 12.3 Å². The number of aromatic nitrogens is 2. The van der Waals surface area contributed by atoms with Crippen LogP contribution in [0.3, 0.4) is 0 Å². The SMILES string of the molecule is O=c1oc2cccnc2n1CCOc1cccc(F)c1. The van der Waals surface area contributed by atoms with Crippen LogP contribution in [0.5, 0.6) is 5.75 Å². The van der Waals surface area contributed by atoms with Crippen LogP contribution in [0.2, 0.25) is 0 Å². The summed E-state index contributed by atoms with van der Waals surface area (Å²) in [6.07, 6.45) is 1.58. The summed E-state index contributed by atoms with van der Waals surface area (Å²) in [5.41, 5.74) is 0.906. The maximum Gasteiger partial charge on any atom is 0.421 e. The molecule has 0 aliphatic heterocycles. The Balaban J connectivity index is 1.74. The third-order valence-corrected chi connectivity index (χ3v) is 2.80. The van der Waals surface area contributed by atoms with E-state index in [1.54, 1.807) is 30.5 Å². The van der Waals surface area contributed by atoms with Gasteiger partial charge in [0.1, 0.15) is 18.2 Å². The second-order valence-electron chi connectivity index (χ2n) is 4.15. The summed E-state index contributed by atoms with van der Waals surface area (Å²) < 4.78 is 24.8. The summed E-state index contributed by atoms with van der Waals surface area (Å²) in [5, 5.41) is 0. The number of benzene rings is 1. The first-order chi connectivity index (χ1) is 9.74. The van der Waals surface area contributed by atoms with Gasteiger partial charge in [-0.15, -0.1) is 0 Å². The Morgan fingerprint density at radius 1 is 1.30 bits per heavy atom. The van der Waals surface area contributed by atoms with Crippen LogP contribution in [0.4, 0.5) is 4.39 Å². The van der Waals surface area contributed by atoms with E-state index in [2.05, 4.69) is 4.98 Å². The lowest BCUT2D eigenvalue weighted by atomic mass is 10.3. The summed E-state index contributed by atoms with van der Waals surface area (Å²) >= 11 is 0. The summed E-state index contributed by atoms with van der Waals surface area (Å²) in [6, 6.07) is 9.20. The molecule has 0 fully saturated rings. The van der Waals surface area contributed by atoms with Crippen molar-refractivity contribution in [2.24, 2.45) is 0 Å². The number of hydrogen-bond acceptors (Lipinski definition) is 4. The number of rotatable bonds is 4. The number of fused-ring (bicyclic) bond motifs is 1. The summed E-state index contributed by atoms with van der Waals surface area (Å²) in [7, 11) is 0. The molecule has 0 aliphatic carbocycles. The van der Waals surface area contributed by atoms with Gasteiger partial charge in [-0.25, -0.2) is 14.2 Å². The van der Waals surface area contributed by atoms with E-state index < -0.39 is 5.76 Å². The highest BCUT2D eigenvalue weighted by Gasteiger charge is 2.09. The Morgan fingerprint density at radius 2 is 2.20 bits per heavy atom. The molecule has 2 aromatic heterocycles. The molecule has 0 unspecified atom stereocenters. The van der Waals surface area contributed by atoms with Gasteiger partial charge in [-0.1, -0.05) is 6.07 Å². The number of nitrogens with zero attached hydrogens (tertiary/aromatic N) is 2. The molecule has 6 heteroatoms. The second kappa shape index (κ2) is 5.16. The first-order valence-corrected chi connectivity index (χ1v) is 6.07. The second-order valence-corrected chi connectivity index (χ2v) is 4.15. The molecule has 102 valence electrons. The Kier molecular flexibility index (Phi) is 3.20. The van der Waals surface area contributed by atoms with E-state index in [0.29, 0.717) is 17.0 Å². The maximum atomic E-state index is 13.0. The fourth-order valence-electron chi connectivity index (χ4n) is 1.91. The average molecular weight is 274 g/mol. The van der Waals surface area contributed by atoms with Crippen LogP contribution in [0, 0.1) is 5.82 Å². The van der Waals surface area contributed by atoms with Crippen molar-refractivity contribution >= 4 is 11.2 Å². The highest BCUT2D eigenvalue weighted by atomic mass is 19.1. The van der Waals surface area contributed by atoms with Gasteiger partial charge < -0.3 is 9.15 Å². The Hall–Kier alpha value is -2.63. The molecule has 2 heterocycles. The van der Waals surface area contributed by atoms with E-state index in [1.165, 1.54) is 16.7 Å². The van der Waals surface area contributed by atoms with Crippen LogP contribution >= 0.6 is 0 Å². The lowest BCUT2D eigenvalue weighted by molar-refractivity contribution is 0.292. The molecule has 0 radical (unpaired) electrons. The molecular weight excluding hydrogens is 263 g/mol. The molecule has 0 amide bonds. The lowest BCUT2D eigenvalue weighted by Gasteiger charge is -2.06. The fraction of sp³-hybridized carbons (Fsp3) is 0.143. The minimum Gasteiger partial charge on any atom is -0.492 e. The van der Waals surface area contributed by atoms with Crippen molar-refractivity contribution < 1.29 is 13.5 Å². The Morgan fingerprint density at radius 3 is 3.05 bits per heavy atom. The molecule has 3 rings (SSSR count). The van der Waals surface area contributed by atoms with Crippen LogP contribution in [-0.2, 0) is 6.54 Å². The molecule has 0 N–H and O–H groups in total. The summed E-state index contributed by atoms with van der Waals surface area (Å²) in [5.74, 6) is -0.435. The molecule has 5 nitrogen and oxygen atoms in total. The largest absolute Gasteiger partial charge is 0.492 e. The average Bonchev–Trinajstić information content (AvgIpc) is 2.75. The van der Waals surface area contributed by atoms with Crippen LogP contribution in [0.15, 0.2) is 51.8 Å². The summed E-state index contributed by atoms with van der Waals surface area (Å²) in [6.45, 7) is 0.494. The molecule has 20 heavy (non-hydrogen) atoms. The number of hydrogen-bond donors (Lipinski definition) is 0. The van der Waals surface area contributed by atoms with Gasteiger partial charge in [0.2, 0.25) is 0 Å². The molecule has 0 bridgehead atoms. The lowest BCUT2D eigenvalue weighted by Crippen LogP contribution is -2.19. The smallest absolute Gasteiger partial charge is 0.421 e. The first-order valence-electron chi connectivity index (χ1n) is 6.07. The standard InChI is InChI=1S/C14H11FN2O3/c15-10-3-1-4-11(9-10)19-8-7-17-13-12(20-14(17)18)5-2-6-16-13/h1-6,9H,7-8H2. The molecule has 0 aliphatic rings. The van der Waals surface area contributed by atoms with E-state index in [1.807, 2.05) is 0 Å². The van der Waals surface area contributed by atoms with Gasteiger partial charge in [0.05, 0.1) is 6.54 Å². The highest BCUT2D eigenvalue weighted by molar-refractivity contribution is 5.67. The predicted octanol–water partition coefficient (Wildman–Crippen LogP) is 2.21. The number of pyridine rings is 1. The minimum absolute atomic E-state index is 0.217. The molecule has 3 aromatic rings. The summed E-state index contributed by atoms with van der Waals surface area (Å²) in [4.78, 5) is 15.8. The van der Waals surface area contributed by atoms with Crippen molar-refractivity contribution in [1.82, 2.24) is 9.55 Å². The highest BCUT2D eigenvalue weighted by Crippen LogP contribution is 2.12. The van der Waals surface area contributed by atoms with Gasteiger partial charge in [-0.2, -0.15) is 0 Å². The fourth-order valence-corrected chi connectivity index (χ4v) is 1.91. The predicted molar refractivity (Wildman–Crippen MR) is 70.2 cm³/mol. The topological polar surface area (TPSA) is 57.3 Å². The number of ether oxygens (including phenoxy) is 1. The molecule has 1 aromatic carbocycles. The van der Waals surface area contributed by atoms with E-state index in [4.69, 9.17) is 9.15 Å². The molecule has 0 saturated carbocycles. The van der Waals surface area contributed by atoms with Gasteiger partial charge in [0.25, 0.3) is 0 Å². The van der Waals surface area contributed by atoms with E-state index in [9.17, 15) is 9.18 Å². The third-order valence-electron chi connectivity index (χ3n) is 2.80. The van der Waals surface area contributed by atoms with Gasteiger partial charge in [-0.05, 0) is 24.3 Å². The van der Waals surface area contributed by atoms with Crippen LogP contribution < -0.4 is 10.5 Å². The zero-order valence-electron chi connectivity index (χ0n) is 10.5. The van der Waals surface area contributed by atoms with E-state index in [0.717, 1.165) is 0 Å². The van der Waals surface area contributed by atoms with Gasteiger partial charge in [-0.3, -0.25) is 4.57 Å². The van der Waals surface area contributed by atoms with Crippen LogP contribution in [-0.4, -0.2) is 16.2 Å². The van der Waals surface area contributed by atoms with E-state index >= 15 is 0 Å². The van der Waals surface area contributed by atoms with Gasteiger partial charge in [0.15, 0.2) is 11.2 Å². The number of halogens is 1. The molecule has 0 atom stereocenters. The zero-order chi connectivity index (χ0) is 13.9. The molecular formula is C14H11FN2O3. The zero-order valence-corrected chi connectivity index (χ0v) is 10.5. The van der Waals surface area contributed by atoms with Crippen molar-refractivity contribution in [3.8, 4) is 5.75 Å². The van der Waals surface area contributed by atoms with Crippen molar-refractivity contribution in [3.63, 3.8) is 0 Å².